The number of carbonyl (C=O) groups excluding carboxylic acids is 2. The molecule has 0 radical (unpaired) electrons. The Kier molecular flexibility index (Phi) is 4.65. The Morgan fingerprint density at radius 3 is 2.61 bits per heavy atom. The molecule has 0 aliphatic carbocycles. The van der Waals surface area contributed by atoms with Gasteiger partial charge in [-0.1, -0.05) is 6.58 Å². The summed E-state index contributed by atoms with van der Waals surface area (Å²) < 4.78 is 1.63. The Morgan fingerprint density at radius 1 is 1.44 bits per heavy atom. The minimum atomic E-state index is -0.282. The molecule has 1 aromatic heterocycles. The van der Waals surface area contributed by atoms with E-state index in [-0.39, 0.29) is 24.8 Å². The zero-order chi connectivity index (χ0) is 13.7. The Bertz CT molecular complexity index is 477. The maximum absolute atomic E-state index is 11.7. The Morgan fingerprint density at radius 2 is 2.11 bits per heavy atom. The molecule has 1 rings (SSSR count). The molecule has 6 heteroatoms. The van der Waals surface area contributed by atoms with Gasteiger partial charge in [-0.25, -0.2) is 0 Å². The van der Waals surface area contributed by atoms with Gasteiger partial charge in [-0.05, 0) is 19.9 Å². The molecule has 0 aliphatic heterocycles. The summed E-state index contributed by atoms with van der Waals surface area (Å²) in [5, 5.41) is 9.52. The van der Waals surface area contributed by atoms with Gasteiger partial charge < -0.3 is 10.6 Å². The van der Waals surface area contributed by atoms with Crippen LogP contribution in [0, 0.1) is 13.8 Å². The molecule has 0 atom stereocenters. The summed E-state index contributed by atoms with van der Waals surface area (Å²) in [6.07, 6.45) is 1.38. The molecular weight excluding hydrogens is 232 g/mol. The summed E-state index contributed by atoms with van der Waals surface area (Å²) in [5.74, 6) is 0.244. The second-order valence-electron chi connectivity index (χ2n) is 3.98. The van der Waals surface area contributed by atoms with Crippen molar-refractivity contribution >= 4 is 17.6 Å². The summed E-state index contributed by atoms with van der Waals surface area (Å²) in [6, 6.07) is 0. The lowest BCUT2D eigenvalue weighted by Crippen LogP contribution is -2.26. The van der Waals surface area contributed by atoms with E-state index in [9.17, 15) is 9.59 Å². The van der Waals surface area contributed by atoms with Crippen LogP contribution in [0.15, 0.2) is 12.7 Å². The van der Waals surface area contributed by atoms with Crippen molar-refractivity contribution in [2.45, 2.75) is 20.3 Å². The molecular formula is C12H18N4O2. The quantitative estimate of drug-likeness (QED) is 0.754. The number of rotatable bonds is 5. The smallest absolute Gasteiger partial charge is 0.243 e. The van der Waals surface area contributed by atoms with Crippen molar-refractivity contribution in [2.24, 2.45) is 7.05 Å². The molecule has 18 heavy (non-hydrogen) atoms. The topological polar surface area (TPSA) is 76.0 Å². The number of aryl methyl sites for hydroxylation is 2. The number of nitrogens with one attached hydrogen (secondary N) is 2. The maximum atomic E-state index is 11.7. The minimum absolute atomic E-state index is 0.162. The number of hydrogen-bond acceptors (Lipinski definition) is 3. The standard InChI is InChI=1S/C12H18N4O2/c1-5-10(17)13-7-6-11(18)14-12-8(2)9(3)15-16(12)4/h5H,1,6-7H2,2-4H3,(H,13,17)(H,14,18). The first-order valence-corrected chi connectivity index (χ1v) is 5.66. The van der Waals surface area contributed by atoms with E-state index in [2.05, 4.69) is 22.3 Å². The van der Waals surface area contributed by atoms with Gasteiger partial charge in [0.05, 0.1) is 5.69 Å². The lowest BCUT2D eigenvalue weighted by Gasteiger charge is -2.07. The predicted molar refractivity (Wildman–Crippen MR) is 69.1 cm³/mol. The SMILES string of the molecule is C=CC(=O)NCCC(=O)Nc1c(C)c(C)nn1C. The van der Waals surface area contributed by atoms with Gasteiger partial charge in [0.15, 0.2) is 0 Å². The molecule has 0 aliphatic rings. The molecule has 1 aromatic rings. The first-order valence-electron chi connectivity index (χ1n) is 5.66. The third kappa shape index (κ3) is 3.44. The number of nitrogens with zero attached hydrogens (tertiary/aromatic N) is 2. The molecule has 6 nitrogen and oxygen atoms in total. The predicted octanol–water partition coefficient (Wildman–Crippen LogP) is 0.668. The zero-order valence-electron chi connectivity index (χ0n) is 10.9. The average Bonchev–Trinajstić information content (AvgIpc) is 2.56. The highest BCUT2D eigenvalue weighted by Crippen LogP contribution is 2.16. The van der Waals surface area contributed by atoms with Gasteiger partial charge in [0, 0.05) is 25.6 Å². The fourth-order valence-electron chi connectivity index (χ4n) is 1.50. The lowest BCUT2D eigenvalue weighted by molar-refractivity contribution is -0.117. The van der Waals surface area contributed by atoms with Crippen LogP contribution in [0.25, 0.3) is 0 Å². The number of aromatic nitrogens is 2. The van der Waals surface area contributed by atoms with Crippen LogP contribution in [-0.2, 0) is 16.6 Å². The average molecular weight is 250 g/mol. The molecule has 0 saturated heterocycles. The lowest BCUT2D eigenvalue weighted by atomic mass is 10.2. The number of amides is 2. The van der Waals surface area contributed by atoms with Gasteiger partial charge in [-0.3, -0.25) is 14.3 Å². The van der Waals surface area contributed by atoms with Crippen LogP contribution in [0.2, 0.25) is 0 Å². The molecule has 0 aromatic carbocycles. The molecule has 0 fully saturated rings. The molecule has 2 amide bonds. The summed E-state index contributed by atoms with van der Waals surface area (Å²) in [7, 11) is 1.77. The van der Waals surface area contributed by atoms with E-state index in [1.165, 1.54) is 6.08 Å². The molecule has 0 saturated carbocycles. The number of hydrogen-bond donors (Lipinski definition) is 2. The van der Waals surface area contributed by atoms with Crippen LogP contribution in [-0.4, -0.2) is 28.1 Å². The van der Waals surface area contributed by atoms with Crippen molar-refractivity contribution in [1.29, 1.82) is 0 Å². The van der Waals surface area contributed by atoms with Crippen molar-refractivity contribution < 1.29 is 9.59 Å². The first kappa shape index (κ1) is 14.0. The van der Waals surface area contributed by atoms with Crippen molar-refractivity contribution in [3.63, 3.8) is 0 Å². The molecule has 0 bridgehead atoms. The van der Waals surface area contributed by atoms with Crippen LogP contribution in [0.4, 0.5) is 5.82 Å². The third-order valence-corrected chi connectivity index (χ3v) is 2.62. The van der Waals surface area contributed by atoms with Crippen molar-refractivity contribution in [3.8, 4) is 0 Å². The second-order valence-corrected chi connectivity index (χ2v) is 3.98. The van der Waals surface area contributed by atoms with E-state index in [1.54, 1.807) is 11.7 Å². The van der Waals surface area contributed by atoms with Crippen LogP contribution in [0.1, 0.15) is 17.7 Å². The zero-order valence-corrected chi connectivity index (χ0v) is 10.9. The van der Waals surface area contributed by atoms with E-state index in [0.717, 1.165) is 11.3 Å². The van der Waals surface area contributed by atoms with Gasteiger partial charge in [-0.2, -0.15) is 5.10 Å². The van der Waals surface area contributed by atoms with Crippen LogP contribution in [0.5, 0.6) is 0 Å². The minimum Gasteiger partial charge on any atom is -0.352 e. The molecule has 2 N–H and O–H groups in total. The Labute approximate surface area is 106 Å². The van der Waals surface area contributed by atoms with Crippen molar-refractivity contribution in [2.75, 3.05) is 11.9 Å². The molecule has 0 spiro atoms. The summed E-state index contributed by atoms with van der Waals surface area (Å²) >= 11 is 0. The van der Waals surface area contributed by atoms with Gasteiger partial charge >= 0.3 is 0 Å². The Hall–Kier alpha value is -2.11. The van der Waals surface area contributed by atoms with Gasteiger partial charge in [0.1, 0.15) is 5.82 Å². The normalized spacial score (nSPS) is 9.94. The summed E-state index contributed by atoms with van der Waals surface area (Å²) in [6.45, 7) is 7.40. The summed E-state index contributed by atoms with van der Waals surface area (Å²) in [4.78, 5) is 22.6. The van der Waals surface area contributed by atoms with E-state index < -0.39 is 0 Å². The van der Waals surface area contributed by atoms with Gasteiger partial charge in [0.25, 0.3) is 0 Å². The fourth-order valence-corrected chi connectivity index (χ4v) is 1.50. The summed E-state index contributed by atoms with van der Waals surface area (Å²) in [5.41, 5.74) is 1.83. The van der Waals surface area contributed by atoms with E-state index in [0.29, 0.717) is 5.82 Å². The largest absolute Gasteiger partial charge is 0.352 e. The monoisotopic (exact) mass is 250 g/mol. The van der Waals surface area contributed by atoms with Crippen molar-refractivity contribution in [3.05, 3.63) is 23.9 Å². The number of carbonyl (C=O) groups is 2. The van der Waals surface area contributed by atoms with E-state index in [1.807, 2.05) is 13.8 Å². The highest BCUT2D eigenvalue weighted by Gasteiger charge is 2.11. The third-order valence-electron chi connectivity index (χ3n) is 2.62. The van der Waals surface area contributed by atoms with E-state index in [4.69, 9.17) is 0 Å². The highest BCUT2D eigenvalue weighted by atomic mass is 16.2. The second kappa shape index (κ2) is 6.00. The first-order chi connectivity index (χ1) is 8.45. The van der Waals surface area contributed by atoms with E-state index >= 15 is 0 Å². The van der Waals surface area contributed by atoms with Gasteiger partial charge in [-0.15, -0.1) is 0 Å². The highest BCUT2D eigenvalue weighted by molar-refractivity contribution is 5.91. The van der Waals surface area contributed by atoms with Gasteiger partial charge in [0.2, 0.25) is 11.8 Å². The van der Waals surface area contributed by atoms with Crippen LogP contribution < -0.4 is 10.6 Å². The molecule has 1 heterocycles. The van der Waals surface area contributed by atoms with Crippen molar-refractivity contribution in [1.82, 2.24) is 15.1 Å². The molecule has 0 unspecified atom stereocenters. The molecule has 98 valence electrons. The number of anilines is 1. The Balaban J connectivity index is 2.50. The maximum Gasteiger partial charge on any atom is 0.243 e. The fraction of sp³-hybridized carbons (Fsp3) is 0.417. The van der Waals surface area contributed by atoms with Crippen LogP contribution >= 0.6 is 0 Å². The van der Waals surface area contributed by atoms with Crippen LogP contribution in [0.3, 0.4) is 0 Å².